The molecule has 0 unspecified atom stereocenters. The lowest BCUT2D eigenvalue weighted by Crippen LogP contribution is -2.22. The molecule has 1 rings (SSSR count). The van der Waals surface area contributed by atoms with Gasteiger partial charge in [-0.1, -0.05) is 44.2 Å². The lowest BCUT2D eigenvalue weighted by molar-refractivity contribution is -0.149. The number of hydrogen-bond acceptors (Lipinski definition) is 3. The summed E-state index contributed by atoms with van der Waals surface area (Å²) in [6.45, 7) is 6.33. The number of rotatable bonds is 7. The average molecular weight is 264 g/mol. The molecule has 0 saturated heterocycles. The Hall–Kier alpha value is -1.35. The van der Waals surface area contributed by atoms with Crippen molar-refractivity contribution in [2.75, 3.05) is 6.61 Å². The summed E-state index contributed by atoms with van der Waals surface area (Å²) in [5.41, 5.74) is 0.848. The Morgan fingerprint density at radius 3 is 2.37 bits per heavy atom. The van der Waals surface area contributed by atoms with Gasteiger partial charge in [0.2, 0.25) is 0 Å². The van der Waals surface area contributed by atoms with Gasteiger partial charge in [-0.05, 0) is 31.2 Å². The maximum Gasteiger partial charge on any atom is 0.309 e. The van der Waals surface area contributed by atoms with Gasteiger partial charge in [0.15, 0.2) is 0 Å². The quantitative estimate of drug-likeness (QED) is 0.768. The maximum atomic E-state index is 11.9. The summed E-state index contributed by atoms with van der Waals surface area (Å²) >= 11 is 0. The third-order valence-corrected chi connectivity index (χ3v) is 3.07. The van der Waals surface area contributed by atoms with E-state index < -0.39 is 6.10 Å². The van der Waals surface area contributed by atoms with Gasteiger partial charge < -0.3 is 9.84 Å². The van der Waals surface area contributed by atoms with Crippen LogP contribution in [0.3, 0.4) is 0 Å². The lowest BCUT2D eigenvalue weighted by Gasteiger charge is -2.20. The van der Waals surface area contributed by atoms with Crippen LogP contribution in [0.25, 0.3) is 0 Å². The summed E-state index contributed by atoms with van der Waals surface area (Å²) in [4.78, 5) is 11.9. The van der Waals surface area contributed by atoms with Gasteiger partial charge in [0.25, 0.3) is 0 Å². The minimum absolute atomic E-state index is 0.203. The molecular formula is C16H24O3. The first-order chi connectivity index (χ1) is 9.04. The average Bonchev–Trinajstić information content (AvgIpc) is 2.38. The van der Waals surface area contributed by atoms with Gasteiger partial charge in [0, 0.05) is 0 Å². The SMILES string of the molecule is CCOC(=O)[C@H](CC(C)C)C[C@H](O)c1ccccc1. The normalized spacial score (nSPS) is 14.2. The molecule has 3 nitrogen and oxygen atoms in total. The number of hydrogen-bond donors (Lipinski definition) is 1. The molecule has 0 aliphatic heterocycles. The second-order valence-electron chi connectivity index (χ2n) is 5.24. The molecule has 19 heavy (non-hydrogen) atoms. The first kappa shape index (κ1) is 15.7. The summed E-state index contributed by atoms with van der Waals surface area (Å²) in [7, 11) is 0. The van der Waals surface area contributed by atoms with E-state index in [2.05, 4.69) is 13.8 Å². The van der Waals surface area contributed by atoms with E-state index in [4.69, 9.17) is 4.74 Å². The molecule has 1 N–H and O–H groups in total. The Kier molecular flexibility index (Phi) is 6.57. The molecule has 0 saturated carbocycles. The highest BCUT2D eigenvalue weighted by molar-refractivity contribution is 5.72. The Balaban J connectivity index is 2.68. The lowest BCUT2D eigenvalue weighted by atomic mass is 9.90. The Morgan fingerprint density at radius 2 is 1.84 bits per heavy atom. The van der Waals surface area contributed by atoms with Crippen LogP contribution in [0, 0.1) is 11.8 Å². The van der Waals surface area contributed by atoms with Gasteiger partial charge in [0.05, 0.1) is 18.6 Å². The minimum atomic E-state index is -0.616. The fourth-order valence-electron chi connectivity index (χ4n) is 2.20. The van der Waals surface area contributed by atoms with Crippen molar-refractivity contribution in [3.05, 3.63) is 35.9 Å². The van der Waals surface area contributed by atoms with Crippen molar-refractivity contribution in [3.8, 4) is 0 Å². The number of aliphatic hydroxyl groups excluding tert-OH is 1. The smallest absolute Gasteiger partial charge is 0.309 e. The number of carbonyl (C=O) groups excluding carboxylic acids is 1. The molecule has 0 amide bonds. The van der Waals surface area contributed by atoms with Crippen molar-refractivity contribution in [1.82, 2.24) is 0 Å². The van der Waals surface area contributed by atoms with E-state index in [-0.39, 0.29) is 11.9 Å². The second-order valence-corrected chi connectivity index (χ2v) is 5.24. The van der Waals surface area contributed by atoms with Crippen LogP contribution in [0.2, 0.25) is 0 Å². The zero-order chi connectivity index (χ0) is 14.3. The van der Waals surface area contributed by atoms with Crippen molar-refractivity contribution < 1.29 is 14.6 Å². The standard InChI is InChI=1S/C16H24O3/c1-4-19-16(18)14(10-12(2)3)11-15(17)13-8-6-5-7-9-13/h5-9,12,14-15,17H,4,10-11H2,1-3H3/t14-,15+/m1/s1. The van der Waals surface area contributed by atoms with Crippen LogP contribution in [-0.4, -0.2) is 17.7 Å². The number of aliphatic hydroxyl groups is 1. The minimum Gasteiger partial charge on any atom is -0.466 e. The fraction of sp³-hybridized carbons (Fsp3) is 0.562. The van der Waals surface area contributed by atoms with E-state index in [9.17, 15) is 9.90 Å². The fourth-order valence-corrected chi connectivity index (χ4v) is 2.20. The Labute approximate surface area is 115 Å². The molecule has 0 spiro atoms. The summed E-state index contributed by atoms with van der Waals surface area (Å²) < 4.78 is 5.09. The molecule has 0 heterocycles. The van der Waals surface area contributed by atoms with Crippen molar-refractivity contribution in [2.24, 2.45) is 11.8 Å². The molecule has 106 valence electrons. The Morgan fingerprint density at radius 1 is 1.21 bits per heavy atom. The van der Waals surface area contributed by atoms with Gasteiger partial charge >= 0.3 is 5.97 Å². The van der Waals surface area contributed by atoms with Crippen molar-refractivity contribution in [3.63, 3.8) is 0 Å². The van der Waals surface area contributed by atoms with Gasteiger partial charge in [0.1, 0.15) is 0 Å². The molecule has 3 heteroatoms. The molecule has 0 bridgehead atoms. The van der Waals surface area contributed by atoms with Crippen LogP contribution >= 0.6 is 0 Å². The van der Waals surface area contributed by atoms with Crippen LogP contribution in [0.1, 0.15) is 45.3 Å². The van der Waals surface area contributed by atoms with Gasteiger partial charge in [-0.3, -0.25) is 4.79 Å². The molecule has 0 fully saturated rings. The predicted molar refractivity (Wildman–Crippen MR) is 75.6 cm³/mol. The van der Waals surface area contributed by atoms with Crippen LogP contribution < -0.4 is 0 Å². The first-order valence-electron chi connectivity index (χ1n) is 6.94. The van der Waals surface area contributed by atoms with E-state index in [1.54, 1.807) is 6.92 Å². The number of ether oxygens (including phenoxy) is 1. The van der Waals surface area contributed by atoms with Crippen LogP contribution in [0.15, 0.2) is 30.3 Å². The third-order valence-electron chi connectivity index (χ3n) is 3.07. The summed E-state index contributed by atoms with van der Waals surface area (Å²) in [6, 6.07) is 9.44. The zero-order valence-corrected chi connectivity index (χ0v) is 12.0. The predicted octanol–water partition coefficient (Wildman–Crippen LogP) is 3.34. The first-order valence-corrected chi connectivity index (χ1v) is 6.94. The molecule has 0 radical (unpaired) electrons. The molecular weight excluding hydrogens is 240 g/mol. The molecule has 0 aliphatic rings. The van der Waals surface area contributed by atoms with E-state index >= 15 is 0 Å². The van der Waals surface area contributed by atoms with Gasteiger partial charge in [-0.25, -0.2) is 0 Å². The molecule has 1 aromatic rings. The number of benzene rings is 1. The van der Waals surface area contributed by atoms with Gasteiger partial charge in [-0.2, -0.15) is 0 Å². The van der Waals surface area contributed by atoms with E-state index in [1.807, 2.05) is 30.3 Å². The van der Waals surface area contributed by atoms with Crippen LogP contribution in [0.5, 0.6) is 0 Å². The number of carbonyl (C=O) groups is 1. The van der Waals surface area contributed by atoms with Crippen molar-refractivity contribution >= 4 is 5.97 Å². The monoisotopic (exact) mass is 264 g/mol. The summed E-state index contributed by atoms with van der Waals surface area (Å²) in [5.74, 6) is -0.0429. The van der Waals surface area contributed by atoms with Crippen molar-refractivity contribution in [2.45, 2.75) is 39.7 Å². The molecule has 2 atom stereocenters. The van der Waals surface area contributed by atoms with Gasteiger partial charge in [-0.15, -0.1) is 0 Å². The largest absolute Gasteiger partial charge is 0.466 e. The highest BCUT2D eigenvalue weighted by atomic mass is 16.5. The zero-order valence-electron chi connectivity index (χ0n) is 12.0. The maximum absolute atomic E-state index is 11.9. The van der Waals surface area contributed by atoms with E-state index in [0.717, 1.165) is 12.0 Å². The van der Waals surface area contributed by atoms with Crippen LogP contribution in [0.4, 0.5) is 0 Å². The topological polar surface area (TPSA) is 46.5 Å². The second kappa shape index (κ2) is 7.95. The number of esters is 1. The highest BCUT2D eigenvalue weighted by Crippen LogP contribution is 2.26. The molecule has 0 aliphatic carbocycles. The third kappa shape index (κ3) is 5.43. The molecule has 1 aromatic carbocycles. The summed E-state index contributed by atoms with van der Waals surface area (Å²) in [5, 5.41) is 10.2. The summed E-state index contributed by atoms with van der Waals surface area (Å²) in [6.07, 6.45) is 0.540. The van der Waals surface area contributed by atoms with Crippen molar-refractivity contribution in [1.29, 1.82) is 0 Å². The van der Waals surface area contributed by atoms with E-state index in [1.165, 1.54) is 0 Å². The molecule has 0 aromatic heterocycles. The van der Waals surface area contributed by atoms with E-state index in [0.29, 0.717) is 18.9 Å². The van der Waals surface area contributed by atoms with Crippen LogP contribution in [-0.2, 0) is 9.53 Å². The highest BCUT2D eigenvalue weighted by Gasteiger charge is 2.24. The Bertz CT molecular complexity index is 373.